The lowest BCUT2D eigenvalue weighted by Gasteiger charge is -2.06. The van der Waals surface area contributed by atoms with Crippen LogP contribution in [-0.2, 0) is 9.59 Å². The number of carbonyl (C=O) groups excluding carboxylic acids is 2. The minimum absolute atomic E-state index is 0.00176. The summed E-state index contributed by atoms with van der Waals surface area (Å²) in [6, 6.07) is 0. The van der Waals surface area contributed by atoms with Gasteiger partial charge in [-0.3, -0.25) is 20.4 Å². The summed E-state index contributed by atoms with van der Waals surface area (Å²) < 4.78 is 0. The number of nitrogen functional groups attached to an aromatic ring is 2. The van der Waals surface area contributed by atoms with Crippen molar-refractivity contribution >= 4 is 29.5 Å². The molecule has 9 heteroatoms. The van der Waals surface area contributed by atoms with Gasteiger partial charge in [0.1, 0.15) is 5.78 Å². The van der Waals surface area contributed by atoms with Gasteiger partial charge < -0.3 is 11.5 Å². The summed E-state index contributed by atoms with van der Waals surface area (Å²) in [5.74, 6) is -0.910. The highest BCUT2D eigenvalue weighted by atomic mass is 16.2. The number of nitrogens with zero attached hydrogens (tertiary/aromatic N) is 3. The molecule has 0 atom stereocenters. The largest absolute Gasteiger partial charge is 0.368 e. The molecule has 16 heavy (non-hydrogen) atoms. The van der Waals surface area contributed by atoms with Gasteiger partial charge in [0.25, 0.3) is 0 Å². The molecule has 0 aliphatic rings. The van der Waals surface area contributed by atoms with Gasteiger partial charge in [-0.25, -0.2) is 0 Å². The van der Waals surface area contributed by atoms with Gasteiger partial charge in [0.15, 0.2) is 0 Å². The van der Waals surface area contributed by atoms with Crippen LogP contribution in [0.15, 0.2) is 0 Å². The van der Waals surface area contributed by atoms with E-state index in [-0.39, 0.29) is 30.0 Å². The molecule has 1 aromatic rings. The minimum Gasteiger partial charge on any atom is -0.368 e. The molecule has 1 heterocycles. The van der Waals surface area contributed by atoms with Gasteiger partial charge in [-0.15, -0.1) is 0 Å². The number of Topliss-reactive ketones (excluding diaryl/α,β-unsaturated/α-hetero) is 1. The molecule has 0 saturated carbocycles. The van der Waals surface area contributed by atoms with E-state index in [1.165, 1.54) is 6.92 Å². The van der Waals surface area contributed by atoms with Crippen LogP contribution in [0.4, 0.5) is 17.8 Å². The highest BCUT2D eigenvalue weighted by Crippen LogP contribution is 2.01. The average Bonchev–Trinajstić information content (AvgIpc) is 2.12. The molecule has 6 N–H and O–H groups in total. The Bertz CT molecular complexity index is 399. The second kappa shape index (κ2) is 4.87. The van der Waals surface area contributed by atoms with Crippen LogP contribution in [0.3, 0.4) is 0 Å². The molecule has 0 saturated heterocycles. The molecule has 0 aliphatic heterocycles. The van der Waals surface area contributed by atoms with Crippen molar-refractivity contribution in [1.82, 2.24) is 20.4 Å². The van der Waals surface area contributed by atoms with Gasteiger partial charge in [0.2, 0.25) is 23.8 Å². The van der Waals surface area contributed by atoms with Crippen molar-refractivity contribution in [3.63, 3.8) is 0 Å². The van der Waals surface area contributed by atoms with Crippen molar-refractivity contribution in [1.29, 1.82) is 0 Å². The van der Waals surface area contributed by atoms with Gasteiger partial charge in [0, 0.05) is 0 Å². The van der Waals surface area contributed by atoms with Crippen LogP contribution in [-0.4, -0.2) is 26.6 Å². The molecule has 0 radical (unpaired) electrons. The number of rotatable bonds is 4. The molecule has 1 rings (SSSR count). The normalized spacial score (nSPS) is 9.56. The Morgan fingerprint density at radius 3 is 2.25 bits per heavy atom. The molecule has 0 fully saturated rings. The Morgan fingerprint density at radius 1 is 1.19 bits per heavy atom. The zero-order valence-corrected chi connectivity index (χ0v) is 8.52. The fraction of sp³-hybridized carbons (Fsp3) is 0.286. The van der Waals surface area contributed by atoms with E-state index in [1.807, 2.05) is 0 Å². The molecule has 0 spiro atoms. The fourth-order valence-corrected chi connectivity index (χ4v) is 0.861. The van der Waals surface area contributed by atoms with Crippen LogP contribution >= 0.6 is 0 Å². The Balaban J connectivity index is 2.54. The van der Waals surface area contributed by atoms with E-state index in [1.54, 1.807) is 0 Å². The molecule has 9 nitrogen and oxygen atoms in total. The summed E-state index contributed by atoms with van der Waals surface area (Å²) in [5, 5.41) is 0. The maximum atomic E-state index is 11.1. The van der Waals surface area contributed by atoms with Crippen molar-refractivity contribution in [3.05, 3.63) is 0 Å². The highest BCUT2D eigenvalue weighted by Gasteiger charge is 2.06. The first-order chi connectivity index (χ1) is 7.47. The number of hydrogen-bond acceptors (Lipinski definition) is 8. The lowest BCUT2D eigenvalue weighted by molar-refractivity contribution is -0.126. The SMILES string of the molecule is CC(=O)CC(=O)NNc1nc(N)nc(N)n1. The monoisotopic (exact) mass is 225 g/mol. The maximum absolute atomic E-state index is 11.1. The van der Waals surface area contributed by atoms with Crippen molar-refractivity contribution in [3.8, 4) is 0 Å². The molecule has 86 valence electrons. The first-order valence-electron chi connectivity index (χ1n) is 4.28. The number of ketones is 1. The molecule has 0 bridgehead atoms. The number of aromatic nitrogens is 3. The van der Waals surface area contributed by atoms with Gasteiger partial charge >= 0.3 is 0 Å². The Kier molecular flexibility index (Phi) is 3.53. The molecule has 0 aliphatic carbocycles. The first kappa shape index (κ1) is 11.6. The van der Waals surface area contributed by atoms with Crippen LogP contribution in [0.1, 0.15) is 13.3 Å². The highest BCUT2D eigenvalue weighted by molar-refractivity contribution is 5.97. The molecular weight excluding hydrogens is 214 g/mol. The fourth-order valence-electron chi connectivity index (χ4n) is 0.861. The Labute approximate surface area is 90.6 Å². The Hall–Kier alpha value is -2.45. The zero-order valence-electron chi connectivity index (χ0n) is 8.52. The quantitative estimate of drug-likeness (QED) is 0.355. The average molecular weight is 225 g/mol. The number of amides is 1. The predicted octanol–water partition coefficient (Wildman–Crippen LogP) is -1.54. The van der Waals surface area contributed by atoms with E-state index < -0.39 is 5.91 Å². The number of carbonyl (C=O) groups is 2. The van der Waals surface area contributed by atoms with Crippen molar-refractivity contribution in [2.45, 2.75) is 13.3 Å². The minimum atomic E-state index is -0.509. The van der Waals surface area contributed by atoms with E-state index in [0.29, 0.717) is 0 Å². The van der Waals surface area contributed by atoms with Gasteiger partial charge in [0.05, 0.1) is 6.42 Å². The smallest absolute Gasteiger partial charge is 0.248 e. The predicted molar refractivity (Wildman–Crippen MR) is 55.7 cm³/mol. The number of anilines is 3. The molecule has 1 amide bonds. The third-order valence-electron chi connectivity index (χ3n) is 1.39. The lowest BCUT2D eigenvalue weighted by atomic mass is 10.3. The second-order valence-corrected chi connectivity index (χ2v) is 2.93. The molecular formula is C7H11N7O2. The molecule has 0 unspecified atom stereocenters. The van der Waals surface area contributed by atoms with Crippen molar-refractivity contribution in [2.75, 3.05) is 16.9 Å². The third kappa shape index (κ3) is 3.74. The lowest BCUT2D eigenvalue weighted by Crippen LogP contribution is -2.31. The van der Waals surface area contributed by atoms with E-state index in [2.05, 4.69) is 25.8 Å². The summed E-state index contributed by atoms with van der Waals surface area (Å²) in [4.78, 5) is 32.5. The summed E-state index contributed by atoms with van der Waals surface area (Å²) in [7, 11) is 0. The van der Waals surface area contributed by atoms with Gasteiger partial charge in [-0.2, -0.15) is 15.0 Å². The van der Waals surface area contributed by atoms with Crippen LogP contribution in [0, 0.1) is 0 Å². The number of nitrogens with two attached hydrogens (primary N) is 2. The van der Waals surface area contributed by atoms with Crippen LogP contribution < -0.4 is 22.3 Å². The third-order valence-corrected chi connectivity index (χ3v) is 1.39. The summed E-state index contributed by atoms with van der Waals surface area (Å²) in [5.41, 5.74) is 15.2. The van der Waals surface area contributed by atoms with E-state index in [4.69, 9.17) is 11.5 Å². The van der Waals surface area contributed by atoms with Crippen LogP contribution in [0.25, 0.3) is 0 Å². The van der Waals surface area contributed by atoms with Crippen molar-refractivity contribution in [2.24, 2.45) is 0 Å². The van der Waals surface area contributed by atoms with E-state index >= 15 is 0 Å². The van der Waals surface area contributed by atoms with Crippen molar-refractivity contribution < 1.29 is 9.59 Å². The van der Waals surface area contributed by atoms with Gasteiger partial charge in [-0.1, -0.05) is 0 Å². The first-order valence-corrected chi connectivity index (χ1v) is 4.28. The molecule has 0 aromatic carbocycles. The summed E-state index contributed by atoms with van der Waals surface area (Å²) in [6.07, 6.45) is -0.233. The Morgan fingerprint density at radius 2 is 1.75 bits per heavy atom. The number of hydrazine groups is 1. The van der Waals surface area contributed by atoms with Crippen LogP contribution in [0.5, 0.6) is 0 Å². The standard InChI is InChI=1S/C7H11N7O2/c1-3(15)2-4(16)13-14-7-11-5(8)10-6(9)12-7/h2H2,1H3,(H,13,16)(H5,8,9,10,11,12,14). The summed E-state index contributed by atoms with van der Waals surface area (Å²) >= 11 is 0. The van der Waals surface area contributed by atoms with Gasteiger partial charge in [-0.05, 0) is 6.92 Å². The number of hydrogen-bond donors (Lipinski definition) is 4. The number of nitrogens with one attached hydrogen (secondary N) is 2. The van der Waals surface area contributed by atoms with Crippen LogP contribution in [0.2, 0.25) is 0 Å². The summed E-state index contributed by atoms with van der Waals surface area (Å²) in [6.45, 7) is 1.30. The second-order valence-electron chi connectivity index (χ2n) is 2.93. The van der Waals surface area contributed by atoms with E-state index in [0.717, 1.165) is 0 Å². The van der Waals surface area contributed by atoms with E-state index in [9.17, 15) is 9.59 Å². The molecule has 1 aromatic heterocycles. The zero-order chi connectivity index (χ0) is 12.1. The topological polar surface area (TPSA) is 149 Å². The maximum Gasteiger partial charge on any atom is 0.248 e.